The molecule has 0 spiro atoms. The average Bonchev–Trinajstić information content (AvgIpc) is 2.43. The van der Waals surface area contributed by atoms with Gasteiger partial charge < -0.3 is 15.7 Å². The first-order chi connectivity index (χ1) is 10.3. The van der Waals surface area contributed by atoms with Crippen LogP contribution in [-0.4, -0.2) is 30.1 Å². The van der Waals surface area contributed by atoms with Gasteiger partial charge in [0.1, 0.15) is 11.6 Å². The van der Waals surface area contributed by atoms with Crippen LogP contribution >= 0.6 is 0 Å². The van der Waals surface area contributed by atoms with Gasteiger partial charge in [-0.1, -0.05) is 13.0 Å². The van der Waals surface area contributed by atoms with Gasteiger partial charge in [0.15, 0.2) is 0 Å². The zero-order valence-electron chi connectivity index (χ0n) is 12.5. The molecule has 122 valence electrons. The lowest BCUT2D eigenvalue weighted by molar-refractivity contribution is -0.123. The molecular weight excluding hydrogens is 294 g/mol. The van der Waals surface area contributed by atoms with Gasteiger partial charge in [-0.05, 0) is 18.1 Å². The van der Waals surface area contributed by atoms with Gasteiger partial charge >= 0.3 is 0 Å². The molecule has 0 aliphatic rings. The molecule has 1 aromatic carbocycles. The van der Waals surface area contributed by atoms with Crippen molar-refractivity contribution in [2.45, 2.75) is 26.3 Å². The van der Waals surface area contributed by atoms with E-state index >= 15 is 0 Å². The van der Waals surface area contributed by atoms with Crippen molar-refractivity contribution in [3.8, 4) is 0 Å². The van der Waals surface area contributed by atoms with Crippen LogP contribution in [0.15, 0.2) is 18.2 Å². The fraction of sp³-hybridized carbons (Fsp3) is 0.467. The molecule has 7 heteroatoms. The summed E-state index contributed by atoms with van der Waals surface area (Å²) in [6, 6.07) is 2.25. The van der Waals surface area contributed by atoms with E-state index in [4.69, 9.17) is 5.11 Å². The van der Waals surface area contributed by atoms with Gasteiger partial charge in [0.05, 0.1) is 12.5 Å². The summed E-state index contributed by atoms with van der Waals surface area (Å²) in [5.41, 5.74) is -0.344. The molecule has 0 saturated heterocycles. The van der Waals surface area contributed by atoms with E-state index in [1.807, 2.05) is 0 Å². The number of nitrogens with one attached hydrogen (secondary N) is 2. The summed E-state index contributed by atoms with van der Waals surface area (Å²) in [5, 5.41) is 13.8. The first-order valence-electron chi connectivity index (χ1n) is 6.93. The van der Waals surface area contributed by atoms with E-state index in [2.05, 4.69) is 10.6 Å². The van der Waals surface area contributed by atoms with Crippen LogP contribution in [0.2, 0.25) is 0 Å². The SMILES string of the molecule is CC(=O)NC(CC(=O)NCC(C)CO)c1c(F)cccc1F. The van der Waals surface area contributed by atoms with Crippen molar-refractivity contribution in [2.24, 2.45) is 5.92 Å². The molecule has 0 fully saturated rings. The fourth-order valence-electron chi connectivity index (χ4n) is 1.92. The Morgan fingerprint density at radius 3 is 2.36 bits per heavy atom. The topological polar surface area (TPSA) is 78.4 Å². The quantitative estimate of drug-likeness (QED) is 0.709. The molecule has 2 atom stereocenters. The van der Waals surface area contributed by atoms with Crippen molar-refractivity contribution in [3.05, 3.63) is 35.4 Å². The average molecular weight is 314 g/mol. The summed E-state index contributed by atoms with van der Waals surface area (Å²) in [6.07, 6.45) is -0.296. The Kier molecular flexibility index (Phi) is 6.91. The van der Waals surface area contributed by atoms with Crippen LogP contribution in [-0.2, 0) is 9.59 Å². The Labute approximate surface area is 127 Å². The highest BCUT2D eigenvalue weighted by Crippen LogP contribution is 2.23. The summed E-state index contributed by atoms with van der Waals surface area (Å²) in [6.45, 7) is 3.10. The van der Waals surface area contributed by atoms with E-state index in [1.54, 1.807) is 6.92 Å². The number of carbonyl (C=O) groups excluding carboxylic acids is 2. The van der Waals surface area contributed by atoms with Crippen LogP contribution in [0.4, 0.5) is 8.78 Å². The van der Waals surface area contributed by atoms with E-state index in [1.165, 1.54) is 13.0 Å². The van der Waals surface area contributed by atoms with Crippen LogP contribution in [0.25, 0.3) is 0 Å². The minimum absolute atomic E-state index is 0.0860. The minimum atomic E-state index is -1.09. The first kappa shape index (κ1) is 18.0. The highest BCUT2D eigenvalue weighted by atomic mass is 19.1. The normalized spacial score (nSPS) is 13.3. The molecule has 22 heavy (non-hydrogen) atoms. The van der Waals surface area contributed by atoms with Gasteiger partial charge in [-0.15, -0.1) is 0 Å². The third-order valence-corrected chi connectivity index (χ3v) is 3.07. The van der Waals surface area contributed by atoms with Crippen LogP contribution in [0.3, 0.4) is 0 Å². The van der Waals surface area contributed by atoms with Crippen LogP contribution in [0, 0.1) is 17.6 Å². The first-order valence-corrected chi connectivity index (χ1v) is 6.93. The Bertz CT molecular complexity index is 517. The zero-order valence-corrected chi connectivity index (χ0v) is 12.5. The van der Waals surface area contributed by atoms with Crippen molar-refractivity contribution in [2.75, 3.05) is 13.2 Å². The largest absolute Gasteiger partial charge is 0.396 e. The smallest absolute Gasteiger partial charge is 0.222 e. The number of benzene rings is 1. The van der Waals surface area contributed by atoms with Gasteiger partial charge in [0.2, 0.25) is 11.8 Å². The predicted octanol–water partition coefficient (Wildman–Crippen LogP) is 1.28. The molecule has 0 saturated carbocycles. The third-order valence-electron chi connectivity index (χ3n) is 3.07. The van der Waals surface area contributed by atoms with Crippen molar-refractivity contribution in [3.63, 3.8) is 0 Å². The van der Waals surface area contributed by atoms with Crippen molar-refractivity contribution < 1.29 is 23.5 Å². The summed E-state index contributed by atoms with van der Waals surface area (Å²) < 4.78 is 27.6. The standard InChI is InChI=1S/C15H20F2N2O3/c1-9(8-20)7-18-14(22)6-13(19-10(2)21)15-11(16)4-3-5-12(15)17/h3-5,9,13,20H,6-8H2,1-2H3,(H,18,22)(H,19,21). The Hall–Kier alpha value is -2.02. The molecule has 5 nitrogen and oxygen atoms in total. The number of halogens is 2. The maximum absolute atomic E-state index is 13.8. The molecule has 2 amide bonds. The second-order valence-electron chi connectivity index (χ2n) is 5.18. The van der Waals surface area contributed by atoms with Gasteiger partial charge in [-0.2, -0.15) is 0 Å². The molecule has 0 radical (unpaired) electrons. The Balaban J connectivity index is 2.85. The number of hydrogen-bond acceptors (Lipinski definition) is 3. The van der Waals surface area contributed by atoms with Crippen LogP contribution in [0.5, 0.6) is 0 Å². The predicted molar refractivity (Wildman–Crippen MR) is 76.8 cm³/mol. The van der Waals surface area contributed by atoms with Crippen molar-refractivity contribution in [1.82, 2.24) is 10.6 Å². The molecule has 0 aromatic heterocycles. The number of hydrogen-bond donors (Lipinski definition) is 3. The maximum Gasteiger partial charge on any atom is 0.222 e. The third kappa shape index (κ3) is 5.40. The van der Waals surface area contributed by atoms with Crippen LogP contribution in [0.1, 0.15) is 31.9 Å². The summed E-state index contributed by atoms with van der Waals surface area (Å²) in [5.74, 6) is -2.75. The second kappa shape index (κ2) is 8.43. The zero-order chi connectivity index (χ0) is 16.7. The lowest BCUT2D eigenvalue weighted by Crippen LogP contribution is -2.35. The second-order valence-corrected chi connectivity index (χ2v) is 5.18. The highest BCUT2D eigenvalue weighted by molar-refractivity contribution is 5.79. The van der Waals surface area contributed by atoms with Crippen LogP contribution < -0.4 is 10.6 Å². The van der Waals surface area contributed by atoms with Gasteiger partial charge in [-0.25, -0.2) is 8.78 Å². The fourth-order valence-corrected chi connectivity index (χ4v) is 1.92. The lowest BCUT2D eigenvalue weighted by atomic mass is 10.0. The van der Waals surface area contributed by atoms with Gasteiger partial charge in [-0.3, -0.25) is 9.59 Å². The highest BCUT2D eigenvalue weighted by Gasteiger charge is 2.23. The molecule has 2 unspecified atom stereocenters. The van der Waals surface area contributed by atoms with Gasteiger partial charge in [0.25, 0.3) is 0 Å². The minimum Gasteiger partial charge on any atom is -0.396 e. The summed E-state index contributed by atoms with van der Waals surface area (Å²) >= 11 is 0. The summed E-state index contributed by atoms with van der Waals surface area (Å²) in [4.78, 5) is 23.1. The molecule has 1 aromatic rings. The maximum atomic E-state index is 13.8. The number of carbonyl (C=O) groups is 2. The molecule has 0 aliphatic heterocycles. The summed E-state index contributed by atoms with van der Waals surface area (Å²) in [7, 11) is 0. The lowest BCUT2D eigenvalue weighted by Gasteiger charge is -2.19. The van der Waals surface area contributed by atoms with E-state index in [0.29, 0.717) is 0 Å². The van der Waals surface area contributed by atoms with Crippen molar-refractivity contribution in [1.29, 1.82) is 0 Å². The monoisotopic (exact) mass is 314 g/mol. The van der Waals surface area contributed by atoms with Crippen molar-refractivity contribution >= 4 is 11.8 Å². The van der Waals surface area contributed by atoms with E-state index < -0.39 is 29.5 Å². The van der Waals surface area contributed by atoms with E-state index in [-0.39, 0.29) is 31.1 Å². The molecule has 0 heterocycles. The van der Waals surface area contributed by atoms with E-state index in [9.17, 15) is 18.4 Å². The molecule has 3 N–H and O–H groups in total. The molecular formula is C15H20F2N2O3. The number of amides is 2. The number of aliphatic hydroxyl groups is 1. The Morgan fingerprint density at radius 2 is 1.86 bits per heavy atom. The Morgan fingerprint density at radius 1 is 1.27 bits per heavy atom. The molecule has 0 bridgehead atoms. The number of rotatable bonds is 7. The van der Waals surface area contributed by atoms with Gasteiger partial charge in [0, 0.05) is 25.6 Å². The number of aliphatic hydroxyl groups excluding tert-OH is 1. The molecule has 1 rings (SSSR count). The molecule has 0 aliphatic carbocycles. The van der Waals surface area contributed by atoms with E-state index in [0.717, 1.165) is 12.1 Å².